The number of hydrogen-bond acceptors (Lipinski definition) is 2. The fourth-order valence-electron chi connectivity index (χ4n) is 2.01. The summed E-state index contributed by atoms with van der Waals surface area (Å²) in [5.41, 5.74) is 11.5. The Hall–Kier alpha value is -1.96. The Balaban J connectivity index is 2.47. The third-order valence-electron chi connectivity index (χ3n) is 3.02. The zero-order valence-corrected chi connectivity index (χ0v) is 10.6. The van der Waals surface area contributed by atoms with Crippen LogP contribution in [0.1, 0.15) is 11.1 Å². The van der Waals surface area contributed by atoms with Crippen LogP contribution in [0.4, 0.5) is 17.1 Å². The minimum absolute atomic E-state index is 0.807. The van der Waals surface area contributed by atoms with Gasteiger partial charge < -0.3 is 10.6 Å². The molecule has 0 radical (unpaired) electrons. The van der Waals surface area contributed by atoms with E-state index in [1.807, 2.05) is 31.3 Å². The van der Waals surface area contributed by atoms with Crippen molar-refractivity contribution in [3.05, 3.63) is 53.6 Å². The van der Waals surface area contributed by atoms with Crippen LogP contribution in [0.5, 0.6) is 0 Å². The molecule has 88 valence electrons. The fraction of sp³-hybridized carbons (Fsp3) is 0.200. The van der Waals surface area contributed by atoms with Gasteiger partial charge in [-0.05, 0) is 43.2 Å². The summed E-state index contributed by atoms with van der Waals surface area (Å²) in [7, 11) is 2.05. The number of benzene rings is 2. The van der Waals surface area contributed by atoms with Crippen LogP contribution in [0.25, 0.3) is 0 Å². The molecule has 2 heteroatoms. The predicted molar refractivity (Wildman–Crippen MR) is 74.8 cm³/mol. The van der Waals surface area contributed by atoms with Crippen LogP contribution in [0.3, 0.4) is 0 Å². The van der Waals surface area contributed by atoms with E-state index < -0.39 is 0 Å². The molecule has 2 rings (SSSR count). The van der Waals surface area contributed by atoms with Crippen LogP contribution in [-0.2, 0) is 0 Å². The zero-order chi connectivity index (χ0) is 12.4. The van der Waals surface area contributed by atoms with Crippen molar-refractivity contribution in [3.8, 4) is 0 Å². The number of para-hydroxylation sites is 1. The van der Waals surface area contributed by atoms with Crippen LogP contribution in [0, 0.1) is 13.8 Å². The second-order valence-corrected chi connectivity index (χ2v) is 4.41. The van der Waals surface area contributed by atoms with Crippen LogP contribution in [0.2, 0.25) is 0 Å². The molecule has 0 atom stereocenters. The van der Waals surface area contributed by atoms with E-state index in [1.54, 1.807) is 0 Å². The van der Waals surface area contributed by atoms with Crippen molar-refractivity contribution in [2.45, 2.75) is 13.8 Å². The largest absolute Gasteiger partial charge is 0.397 e. The quantitative estimate of drug-likeness (QED) is 0.792. The Morgan fingerprint density at radius 2 is 1.65 bits per heavy atom. The van der Waals surface area contributed by atoms with Crippen molar-refractivity contribution >= 4 is 17.1 Å². The van der Waals surface area contributed by atoms with E-state index in [0.29, 0.717) is 0 Å². The van der Waals surface area contributed by atoms with E-state index in [0.717, 1.165) is 11.4 Å². The van der Waals surface area contributed by atoms with Gasteiger partial charge >= 0.3 is 0 Å². The molecule has 0 aliphatic heterocycles. The third-order valence-corrected chi connectivity index (χ3v) is 3.02. The molecule has 0 heterocycles. The van der Waals surface area contributed by atoms with Crippen LogP contribution < -0.4 is 10.6 Å². The number of rotatable bonds is 2. The number of aryl methyl sites for hydroxylation is 2. The molecule has 0 aliphatic rings. The van der Waals surface area contributed by atoms with Crippen molar-refractivity contribution in [2.24, 2.45) is 0 Å². The van der Waals surface area contributed by atoms with Gasteiger partial charge in [0.2, 0.25) is 0 Å². The highest BCUT2D eigenvalue weighted by atomic mass is 15.1. The van der Waals surface area contributed by atoms with Crippen molar-refractivity contribution < 1.29 is 0 Å². The summed E-state index contributed by atoms with van der Waals surface area (Å²) in [6, 6.07) is 14.4. The topological polar surface area (TPSA) is 29.3 Å². The van der Waals surface area contributed by atoms with E-state index in [1.165, 1.54) is 16.8 Å². The highest BCUT2D eigenvalue weighted by Crippen LogP contribution is 2.31. The van der Waals surface area contributed by atoms with Gasteiger partial charge in [0.05, 0.1) is 11.4 Å². The molecule has 0 aliphatic carbocycles. The minimum Gasteiger partial charge on any atom is -0.397 e. The second-order valence-electron chi connectivity index (χ2n) is 4.41. The normalized spacial score (nSPS) is 10.3. The van der Waals surface area contributed by atoms with Crippen molar-refractivity contribution in [1.29, 1.82) is 0 Å². The summed E-state index contributed by atoms with van der Waals surface area (Å²) in [5.74, 6) is 0. The summed E-state index contributed by atoms with van der Waals surface area (Å²) in [6.07, 6.45) is 0. The number of nitrogens with two attached hydrogens (primary N) is 1. The molecule has 2 N–H and O–H groups in total. The van der Waals surface area contributed by atoms with Gasteiger partial charge in [-0.2, -0.15) is 0 Å². The molecular formula is C15H18N2. The molecule has 2 nitrogen and oxygen atoms in total. The molecule has 0 unspecified atom stereocenters. The van der Waals surface area contributed by atoms with E-state index in [-0.39, 0.29) is 0 Å². The summed E-state index contributed by atoms with van der Waals surface area (Å²) in [4.78, 5) is 2.14. The molecule has 0 aromatic heterocycles. The molecule has 2 aromatic carbocycles. The first-order chi connectivity index (χ1) is 8.09. The molecule has 0 amide bonds. The zero-order valence-electron chi connectivity index (χ0n) is 10.6. The number of nitrogens with zero attached hydrogens (tertiary/aromatic N) is 1. The summed E-state index contributed by atoms with van der Waals surface area (Å²) < 4.78 is 0. The number of anilines is 3. The highest BCUT2D eigenvalue weighted by Gasteiger charge is 2.09. The molecule has 0 saturated carbocycles. The average molecular weight is 226 g/mol. The molecule has 0 bridgehead atoms. The molecule has 0 saturated heterocycles. The van der Waals surface area contributed by atoms with Crippen molar-refractivity contribution in [2.75, 3.05) is 17.7 Å². The lowest BCUT2D eigenvalue weighted by Crippen LogP contribution is -2.12. The Morgan fingerprint density at radius 3 is 2.35 bits per heavy atom. The van der Waals surface area contributed by atoms with Crippen molar-refractivity contribution in [1.82, 2.24) is 0 Å². The maximum absolute atomic E-state index is 6.04. The van der Waals surface area contributed by atoms with Gasteiger partial charge in [0.1, 0.15) is 0 Å². The van der Waals surface area contributed by atoms with Crippen LogP contribution >= 0.6 is 0 Å². The second kappa shape index (κ2) is 4.50. The van der Waals surface area contributed by atoms with Gasteiger partial charge in [-0.15, -0.1) is 0 Å². The van der Waals surface area contributed by atoms with Gasteiger partial charge in [0.25, 0.3) is 0 Å². The first-order valence-corrected chi connectivity index (χ1v) is 5.75. The maximum Gasteiger partial charge on any atom is 0.0644 e. The Morgan fingerprint density at radius 1 is 0.941 bits per heavy atom. The Bertz CT molecular complexity index is 532. The molecule has 2 aromatic rings. The van der Waals surface area contributed by atoms with Crippen LogP contribution in [-0.4, -0.2) is 7.05 Å². The molecule has 17 heavy (non-hydrogen) atoms. The summed E-state index contributed by atoms with van der Waals surface area (Å²) in [5, 5.41) is 0. The predicted octanol–water partition coefficient (Wildman–Crippen LogP) is 3.65. The Kier molecular flexibility index (Phi) is 3.05. The fourth-order valence-corrected chi connectivity index (χ4v) is 2.01. The third kappa shape index (κ3) is 2.26. The van der Waals surface area contributed by atoms with Gasteiger partial charge in [-0.1, -0.05) is 24.3 Å². The smallest absolute Gasteiger partial charge is 0.0644 e. The van der Waals surface area contributed by atoms with Gasteiger partial charge in [-0.25, -0.2) is 0 Å². The summed E-state index contributed by atoms with van der Waals surface area (Å²) in [6.45, 7) is 4.19. The van der Waals surface area contributed by atoms with E-state index in [4.69, 9.17) is 5.73 Å². The summed E-state index contributed by atoms with van der Waals surface area (Å²) >= 11 is 0. The average Bonchev–Trinajstić information content (AvgIpc) is 2.32. The number of nitrogen functional groups attached to an aromatic ring is 1. The molecular weight excluding hydrogens is 208 g/mol. The van der Waals surface area contributed by atoms with Crippen molar-refractivity contribution in [3.63, 3.8) is 0 Å². The van der Waals surface area contributed by atoms with Gasteiger partial charge in [0, 0.05) is 12.7 Å². The lowest BCUT2D eigenvalue weighted by molar-refractivity contribution is 1.18. The van der Waals surface area contributed by atoms with E-state index >= 15 is 0 Å². The monoisotopic (exact) mass is 226 g/mol. The first kappa shape index (κ1) is 11.5. The highest BCUT2D eigenvalue weighted by molar-refractivity contribution is 5.76. The maximum atomic E-state index is 6.04. The lowest BCUT2D eigenvalue weighted by atomic mass is 10.1. The van der Waals surface area contributed by atoms with Crippen LogP contribution in [0.15, 0.2) is 42.5 Å². The lowest BCUT2D eigenvalue weighted by Gasteiger charge is -2.23. The first-order valence-electron chi connectivity index (χ1n) is 5.75. The van der Waals surface area contributed by atoms with E-state index in [9.17, 15) is 0 Å². The molecule has 0 spiro atoms. The minimum atomic E-state index is 0.807. The molecule has 0 fully saturated rings. The standard InChI is InChI=1S/C15H18N2/c1-11-8-9-13(16)15(10-11)17(3)14-7-5-4-6-12(14)2/h4-10H,16H2,1-3H3. The SMILES string of the molecule is Cc1ccc(N)c(N(C)c2ccccc2C)c1. The van der Waals surface area contributed by atoms with Gasteiger partial charge in [-0.3, -0.25) is 0 Å². The van der Waals surface area contributed by atoms with Gasteiger partial charge in [0.15, 0.2) is 0 Å². The van der Waals surface area contributed by atoms with E-state index in [2.05, 4.69) is 36.9 Å². The Labute approximate surface area is 103 Å². The number of hydrogen-bond donors (Lipinski definition) is 1.